The largest absolute Gasteiger partial charge is 0.339 e. The van der Waals surface area contributed by atoms with E-state index in [1.54, 1.807) is 24.3 Å². The Morgan fingerprint density at radius 2 is 1.61 bits per heavy atom. The average Bonchev–Trinajstić information content (AvgIpc) is 2.73. The SMILES string of the molecule is O=C(CCc1ccccc1)NC(=S)Nc1ccc(C(=O)N2CCCCC2)cc1. The minimum atomic E-state index is -0.127. The van der Waals surface area contributed by atoms with E-state index in [1.165, 1.54) is 6.42 Å². The third kappa shape index (κ3) is 5.89. The number of likely N-dealkylation sites (tertiary alicyclic amines) is 1. The van der Waals surface area contributed by atoms with Crippen LogP contribution < -0.4 is 10.6 Å². The highest BCUT2D eigenvalue weighted by Crippen LogP contribution is 2.15. The lowest BCUT2D eigenvalue weighted by molar-refractivity contribution is -0.119. The van der Waals surface area contributed by atoms with Crippen LogP contribution in [0.2, 0.25) is 0 Å². The summed E-state index contributed by atoms with van der Waals surface area (Å²) in [6.45, 7) is 1.66. The molecule has 28 heavy (non-hydrogen) atoms. The molecule has 0 atom stereocenters. The normalized spacial score (nSPS) is 13.6. The molecule has 1 heterocycles. The van der Waals surface area contributed by atoms with Crippen molar-refractivity contribution in [2.24, 2.45) is 0 Å². The average molecular weight is 396 g/mol. The zero-order valence-electron chi connectivity index (χ0n) is 15.8. The van der Waals surface area contributed by atoms with Gasteiger partial charge in [0, 0.05) is 30.8 Å². The van der Waals surface area contributed by atoms with Crippen LogP contribution in [0.3, 0.4) is 0 Å². The molecule has 1 aliphatic heterocycles. The molecule has 2 N–H and O–H groups in total. The van der Waals surface area contributed by atoms with Crippen LogP contribution in [0, 0.1) is 0 Å². The Bertz CT molecular complexity index is 815. The van der Waals surface area contributed by atoms with Gasteiger partial charge in [-0.25, -0.2) is 0 Å². The standard InChI is InChI=1S/C22H25N3O2S/c26-20(14-9-17-7-3-1-4-8-17)24-22(28)23-19-12-10-18(11-13-19)21(27)25-15-5-2-6-16-25/h1,3-4,7-8,10-13H,2,5-6,9,14-16H2,(H2,23,24,26,28). The van der Waals surface area contributed by atoms with Crippen molar-refractivity contribution in [3.05, 3.63) is 65.7 Å². The van der Waals surface area contributed by atoms with Crippen LogP contribution in [0.25, 0.3) is 0 Å². The first-order chi connectivity index (χ1) is 13.6. The Hall–Kier alpha value is -2.73. The van der Waals surface area contributed by atoms with Gasteiger partial charge < -0.3 is 15.5 Å². The summed E-state index contributed by atoms with van der Waals surface area (Å²) in [5.41, 5.74) is 2.53. The van der Waals surface area contributed by atoms with E-state index in [4.69, 9.17) is 12.2 Å². The smallest absolute Gasteiger partial charge is 0.253 e. The summed E-state index contributed by atoms with van der Waals surface area (Å²) in [5, 5.41) is 5.94. The summed E-state index contributed by atoms with van der Waals surface area (Å²) in [4.78, 5) is 26.4. The molecule has 0 saturated carbocycles. The lowest BCUT2D eigenvalue weighted by Gasteiger charge is -2.26. The van der Waals surface area contributed by atoms with E-state index < -0.39 is 0 Å². The first-order valence-electron chi connectivity index (χ1n) is 9.66. The number of thiocarbonyl (C=S) groups is 1. The molecule has 2 amide bonds. The highest BCUT2D eigenvalue weighted by atomic mass is 32.1. The molecular weight excluding hydrogens is 370 g/mol. The zero-order chi connectivity index (χ0) is 19.8. The summed E-state index contributed by atoms with van der Waals surface area (Å²) in [7, 11) is 0. The van der Waals surface area contributed by atoms with Gasteiger partial charge in [-0.1, -0.05) is 30.3 Å². The van der Waals surface area contributed by atoms with Crippen LogP contribution in [-0.2, 0) is 11.2 Å². The maximum Gasteiger partial charge on any atom is 0.253 e. The predicted octanol–water partition coefficient (Wildman–Crippen LogP) is 3.76. The molecule has 2 aromatic rings. The highest BCUT2D eigenvalue weighted by molar-refractivity contribution is 7.80. The van der Waals surface area contributed by atoms with E-state index >= 15 is 0 Å². The quantitative estimate of drug-likeness (QED) is 0.757. The first kappa shape index (κ1) is 20.0. The monoisotopic (exact) mass is 395 g/mol. The number of hydrogen-bond acceptors (Lipinski definition) is 3. The second-order valence-corrected chi connectivity index (χ2v) is 7.33. The molecule has 146 valence electrons. The number of carbonyl (C=O) groups is 2. The van der Waals surface area contributed by atoms with Crippen LogP contribution in [0.4, 0.5) is 5.69 Å². The van der Waals surface area contributed by atoms with E-state index in [2.05, 4.69) is 10.6 Å². The summed E-state index contributed by atoms with van der Waals surface area (Å²) in [6, 6.07) is 17.1. The van der Waals surface area contributed by atoms with Gasteiger partial charge in [0.15, 0.2) is 5.11 Å². The number of aryl methyl sites for hydroxylation is 1. The van der Waals surface area contributed by atoms with Gasteiger partial charge in [0.1, 0.15) is 0 Å². The molecule has 0 unspecified atom stereocenters. The number of nitrogens with one attached hydrogen (secondary N) is 2. The zero-order valence-corrected chi connectivity index (χ0v) is 16.6. The van der Waals surface area contributed by atoms with E-state index in [0.717, 1.165) is 37.2 Å². The fourth-order valence-corrected chi connectivity index (χ4v) is 3.46. The minimum Gasteiger partial charge on any atom is -0.339 e. The number of nitrogens with zero attached hydrogens (tertiary/aromatic N) is 1. The van der Waals surface area contributed by atoms with Crippen molar-refractivity contribution in [1.29, 1.82) is 0 Å². The Morgan fingerprint density at radius 1 is 0.929 bits per heavy atom. The highest BCUT2D eigenvalue weighted by Gasteiger charge is 2.17. The molecule has 6 heteroatoms. The number of piperidine rings is 1. The van der Waals surface area contributed by atoms with Crippen molar-refractivity contribution >= 4 is 34.8 Å². The Balaban J connectivity index is 1.46. The van der Waals surface area contributed by atoms with Gasteiger partial charge in [-0.2, -0.15) is 0 Å². The molecular formula is C22H25N3O2S. The topological polar surface area (TPSA) is 61.4 Å². The summed E-state index contributed by atoms with van der Waals surface area (Å²) < 4.78 is 0. The van der Waals surface area contributed by atoms with Gasteiger partial charge >= 0.3 is 0 Å². The molecule has 0 radical (unpaired) electrons. The van der Waals surface area contributed by atoms with Crippen molar-refractivity contribution in [2.45, 2.75) is 32.1 Å². The molecule has 2 aromatic carbocycles. The summed E-state index contributed by atoms with van der Waals surface area (Å²) >= 11 is 5.21. The first-order valence-corrected chi connectivity index (χ1v) is 10.1. The van der Waals surface area contributed by atoms with Gasteiger partial charge in [0.25, 0.3) is 5.91 Å². The molecule has 1 saturated heterocycles. The van der Waals surface area contributed by atoms with Gasteiger partial charge in [-0.3, -0.25) is 9.59 Å². The Labute approximate surface area is 171 Å². The maximum absolute atomic E-state index is 12.5. The van der Waals surface area contributed by atoms with Gasteiger partial charge in [0.2, 0.25) is 5.91 Å². The Kier molecular flexibility index (Phi) is 7.14. The van der Waals surface area contributed by atoms with Gasteiger partial charge in [-0.15, -0.1) is 0 Å². The lowest BCUT2D eigenvalue weighted by atomic mass is 10.1. The molecule has 0 aliphatic carbocycles. The van der Waals surface area contributed by atoms with E-state index in [-0.39, 0.29) is 16.9 Å². The third-order valence-corrected chi connectivity index (χ3v) is 4.97. The fraction of sp³-hybridized carbons (Fsp3) is 0.318. The summed E-state index contributed by atoms with van der Waals surface area (Å²) in [5.74, 6) is -0.0544. The minimum absolute atomic E-state index is 0.0723. The van der Waals surface area contributed by atoms with Gasteiger partial charge in [-0.05, 0) is 67.7 Å². The van der Waals surface area contributed by atoms with E-state index in [1.807, 2.05) is 35.2 Å². The second kappa shape index (κ2) is 9.99. The number of hydrogen-bond donors (Lipinski definition) is 2. The fourth-order valence-electron chi connectivity index (χ4n) is 3.23. The summed E-state index contributed by atoms with van der Waals surface area (Å²) in [6.07, 6.45) is 4.38. The van der Waals surface area contributed by atoms with E-state index in [9.17, 15) is 9.59 Å². The van der Waals surface area contributed by atoms with Crippen LogP contribution >= 0.6 is 12.2 Å². The van der Waals surface area contributed by atoms with Crippen molar-refractivity contribution in [2.75, 3.05) is 18.4 Å². The van der Waals surface area contributed by atoms with Crippen LogP contribution in [0.5, 0.6) is 0 Å². The lowest BCUT2D eigenvalue weighted by Crippen LogP contribution is -2.35. The van der Waals surface area contributed by atoms with E-state index in [0.29, 0.717) is 18.4 Å². The predicted molar refractivity (Wildman–Crippen MR) is 115 cm³/mol. The second-order valence-electron chi connectivity index (χ2n) is 6.92. The number of carbonyl (C=O) groups excluding carboxylic acids is 2. The van der Waals surface area contributed by atoms with Crippen molar-refractivity contribution < 1.29 is 9.59 Å². The molecule has 5 nitrogen and oxygen atoms in total. The van der Waals surface area contributed by atoms with Crippen LogP contribution in [0.15, 0.2) is 54.6 Å². The van der Waals surface area contributed by atoms with Crippen LogP contribution in [-0.4, -0.2) is 34.9 Å². The Morgan fingerprint density at radius 3 is 2.29 bits per heavy atom. The number of anilines is 1. The van der Waals surface area contributed by atoms with Crippen LogP contribution in [0.1, 0.15) is 41.6 Å². The molecule has 1 aliphatic rings. The number of rotatable bonds is 5. The molecule has 0 aromatic heterocycles. The number of benzene rings is 2. The number of amides is 2. The van der Waals surface area contributed by atoms with Gasteiger partial charge in [0.05, 0.1) is 0 Å². The molecule has 0 spiro atoms. The van der Waals surface area contributed by atoms with Crippen molar-refractivity contribution in [3.63, 3.8) is 0 Å². The molecule has 3 rings (SSSR count). The maximum atomic E-state index is 12.5. The molecule has 0 bridgehead atoms. The third-order valence-electron chi connectivity index (χ3n) is 4.77. The molecule has 1 fully saturated rings. The van der Waals surface area contributed by atoms with Crippen molar-refractivity contribution in [1.82, 2.24) is 10.2 Å². The van der Waals surface area contributed by atoms with Crippen molar-refractivity contribution in [3.8, 4) is 0 Å².